The van der Waals surface area contributed by atoms with Crippen LogP contribution in [0, 0.1) is 0 Å². The van der Waals surface area contributed by atoms with Crippen molar-refractivity contribution in [2.75, 3.05) is 6.61 Å². The molecule has 2 aromatic rings. The predicted molar refractivity (Wildman–Crippen MR) is 70.7 cm³/mol. The summed E-state index contributed by atoms with van der Waals surface area (Å²) in [4.78, 5) is 15.5. The highest BCUT2D eigenvalue weighted by Gasteiger charge is 2.16. The quantitative estimate of drug-likeness (QED) is 0.495. The van der Waals surface area contributed by atoms with Crippen molar-refractivity contribution < 1.29 is 9.53 Å². The maximum atomic E-state index is 11.8. The van der Waals surface area contributed by atoms with E-state index in [1.807, 2.05) is 24.3 Å². The normalized spacial score (nSPS) is 10.7. The summed E-state index contributed by atoms with van der Waals surface area (Å²) in [5, 5.41) is 0.943. The van der Waals surface area contributed by atoms with Crippen LogP contribution in [-0.2, 0) is 4.74 Å². The van der Waals surface area contributed by atoms with E-state index in [4.69, 9.17) is 4.74 Å². The molecule has 1 aromatic carbocycles. The third-order valence-electron chi connectivity index (χ3n) is 2.61. The first-order chi connectivity index (χ1) is 8.24. The Bertz CT molecular complexity index is 533. The van der Waals surface area contributed by atoms with Crippen LogP contribution in [0.4, 0.5) is 0 Å². The van der Waals surface area contributed by atoms with Crippen LogP contribution < -0.4 is 0 Å². The van der Waals surface area contributed by atoms with Gasteiger partial charge in [-0.15, -0.1) is 12.6 Å². The van der Waals surface area contributed by atoms with Gasteiger partial charge in [-0.2, -0.15) is 0 Å². The fourth-order valence-electron chi connectivity index (χ4n) is 1.66. The number of hydrogen-bond donors (Lipinski definition) is 2. The highest BCUT2D eigenvalue weighted by atomic mass is 32.1. The molecule has 3 nitrogen and oxygen atoms in total. The summed E-state index contributed by atoms with van der Waals surface area (Å²) in [6.45, 7) is 2.51. The number of thiol groups is 1. The van der Waals surface area contributed by atoms with Crippen LogP contribution in [0.3, 0.4) is 0 Å². The molecule has 1 N–H and O–H groups in total. The van der Waals surface area contributed by atoms with E-state index in [9.17, 15) is 4.79 Å². The van der Waals surface area contributed by atoms with Crippen molar-refractivity contribution in [3.8, 4) is 0 Å². The number of aromatic amines is 1. The molecule has 0 amide bonds. The number of carbonyl (C=O) groups excluding carboxylic acids is 1. The smallest absolute Gasteiger partial charge is 0.355 e. The van der Waals surface area contributed by atoms with Gasteiger partial charge in [0.2, 0.25) is 0 Å². The first-order valence-electron chi connectivity index (χ1n) is 5.70. The molecule has 0 atom stereocenters. The number of hydrogen-bond acceptors (Lipinski definition) is 3. The number of fused-ring (bicyclic) bond motifs is 1. The topological polar surface area (TPSA) is 42.1 Å². The van der Waals surface area contributed by atoms with Crippen LogP contribution in [0.2, 0.25) is 0 Å². The average Bonchev–Trinajstić information content (AvgIpc) is 2.68. The molecule has 0 saturated heterocycles. The lowest BCUT2D eigenvalue weighted by Gasteiger charge is -2.02. The molecule has 0 aliphatic heterocycles. The molecule has 0 bridgehead atoms. The zero-order valence-electron chi connectivity index (χ0n) is 9.69. The average molecular weight is 249 g/mol. The van der Waals surface area contributed by atoms with Crippen LogP contribution in [0.15, 0.2) is 29.2 Å². The summed E-state index contributed by atoms with van der Waals surface area (Å²) in [5.41, 5.74) is 1.34. The summed E-state index contributed by atoms with van der Waals surface area (Å²) in [6.07, 6.45) is 1.89. The minimum absolute atomic E-state index is 0.334. The van der Waals surface area contributed by atoms with Gasteiger partial charge in [0.15, 0.2) is 0 Å². The number of aromatic nitrogens is 1. The fourth-order valence-corrected chi connectivity index (χ4v) is 2.00. The third kappa shape index (κ3) is 2.47. The Morgan fingerprint density at radius 2 is 2.18 bits per heavy atom. The number of esters is 1. The highest BCUT2D eigenvalue weighted by molar-refractivity contribution is 7.80. The van der Waals surface area contributed by atoms with E-state index in [1.165, 1.54) is 0 Å². The first kappa shape index (κ1) is 12.0. The number of para-hydroxylation sites is 1. The van der Waals surface area contributed by atoms with Crippen molar-refractivity contribution in [2.45, 2.75) is 24.7 Å². The molecule has 0 unspecified atom stereocenters. The van der Waals surface area contributed by atoms with E-state index in [1.54, 1.807) is 0 Å². The van der Waals surface area contributed by atoms with Gasteiger partial charge < -0.3 is 9.72 Å². The molecule has 0 aliphatic rings. The van der Waals surface area contributed by atoms with E-state index < -0.39 is 0 Å². The SMILES string of the molecule is CCCCOC(=O)c1[nH]c2ccccc2c1S. The number of rotatable bonds is 4. The Kier molecular flexibility index (Phi) is 3.74. The number of benzene rings is 1. The second kappa shape index (κ2) is 5.27. The summed E-state index contributed by atoms with van der Waals surface area (Å²) in [5.74, 6) is -0.334. The van der Waals surface area contributed by atoms with Gasteiger partial charge in [0.25, 0.3) is 0 Å². The van der Waals surface area contributed by atoms with Crippen LogP contribution >= 0.6 is 12.6 Å². The second-order valence-corrected chi connectivity index (χ2v) is 4.33. The molecule has 17 heavy (non-hydrogen) atoms. The van der Waals surface area contributed by atoms with Crippen LogP contribution in [-0.4, -0.2) is 17.6 Å². The van der Waals surface area contributed by atoms with E-state index in [0.29, 0.717) is 17.2 Å². The van der Waals surface area contributed by atoms with Crippen molar-refractivity contribution >= 4 is 29.5 Å². The first-order valence-corrected chi connectivity index (χ1v) is 6.15. The maximum absolute atomic E-state index is 11.8. The molecule has 90 valence electrons. The third-order valence-corrected chi connectivity index (χ3v) is 3.08. The zero-order valence-corrected chi connectivity index (χ0v) is 10.6. The maximum Gasteiger partial charge on any atom is 0.355 e. The van der Waals surface area contributed by atoms with Crippen molar-refractivity contribution in [1.29, 1.82) is 0 Å². The van der Waals surface area contributed by atoms with Crippen molar-refractivity contribution in [2.24, 2.45) is 0 Å². The lowest BCUT2D eigenvalue weighted by molar-refractivity contribution is 0.0490. The second-order valence-electron chi connectivity index (χ2n) is 3.88. The summed E-state index contributed by atoms with van der Waals surface area (Å²) in [7, 11) is 0. The molecule has 0 fully saturated rings. The molecule has 2 rings (SSSR count). The van der Waals surface area contributed by atoms with Gasteiger partial charge in [0, 0.05) is 15.8 Å². The van der Waals surface area contributed by atoms with Gasteiger partial charge in [-0.3, -0.25) is 0 Å². The Morgan fingerprint density at radius 1 is 1.41 bits per heavy atom. The van der Waals surface area contributed by atoms with Crippen LogP contribution in [0.25, 0.3) is 10.9 Å². The van der Waals surface area contributed by atoms with Crippen LogP contribution in [0.1, 0.15) is 30.3 Å². The fraction of sp³-hybridized carbons (Fsp3) is 0.308. The van der Waals surface area contributed by atoms with Crippen molar-refractivity contribution in [3.05, 3.63) is 30.0 Å². The Morgan fingerprint density at radius 3 is 2.88 bits per heavy atom. The zero-order chi connectivity index (χ0) is 12.3. The van der Waals surface area contributed by atoms with E-state index in [0.717, 1.165) is 23.7 Å². The van der Waals surface area contributed by atoms with Gasteiger partial charge in [0.1, 0.15) is 5.69 Å². The number of unbranched alkanes of at least 4 members (excludes halogenated alkanes) is 1. The number of nitrogens with one attached hydrogen (secondary N) is 1. The van der Waals surface area contributed by atoms with Gasteiger partial charge in [0.05, 0.1) is 6.61 Å². The summed E-state index contributed by atoms with van der Waals surface area (Å²) < 4.78 is 5.16. The number of H-pyrrole nitrogens is 1. The van der Waals surface area contributed by atoms with Crippen molar-refractivity contribution in [1.82, 2.24) is 4.98 Å². The largest absolute Gasteiger partial charge is 0.461 e. The molecular formula is C13H15NO2S. The minimum Gasteiger partial charge on any atom is -0.461 e. The Labute approximate surface area is 106 Å². The molecule has 0 aliphatic carbocycles. The molecule has 1 aromatic heterocycles. The van der Waals surface area contributed by atoms with Gasteiger partial charge >= 0.3 is 5.97 Å². The van der Waals surface area contributed by atoms with E-state index in [2.05, 4.69) is 24.5 Å². The molecular weight excluding hydrogens is 234 g/mol. The molecule has 0 radical (unpaired) electrons. The monoisotopic (exact) mass is 249 g/mol. The predicted octanol–water partition coefficient (Wildman–Crippen LogP) is 3.41. The van der Waals surface area contributed by atoms with Crippen molar-refractivity contribution in [3.63, 3.8) is 0 Å². The molecule has 0 spiro atoms. The Balaban J connectivity index is 2.23. The van der Waals surface area contributed by atoms with E-state index in [-0.39, 0.29) is 5.97 Å². The molecule has 1 heterocycles. The Hall–Kier alpha value is -1.42. The van der Waals surface area contributed by atoms with E-state index >= 15 is 0 Å². The standard InChI is InChI=1S/C13H15NO2S/c1-2-3-8-16-13(15)11-12(17)9-6-4-5-7-10(9)14-11/h4-7,14,17H,2-3,8H2,1H3. The number of ether oxygens (including phenoxy) is 1. The van der Waals surface area contributed by atoms with Crippen LogP contribution in [0.5, 0.6) is 0 Å². The summed E-state index contributed by atoms with van der Waals surface area (Å²) in [6, 6.07) is 7.68. The molecule has 4 heteroatoms. The summed E-state index contributed by atoms with van der Waals surface area (Å²) >= 11 is 4.37. The van der Waals surface area contributed by atoms with Gasteiger partial charge in [-0.25, -0.2) is 4.79 Å². The molecule has 0 saturated carbocycles. The lowest BCUT2D eigenvalue weighted by Crippen LogP contribution is -2.07. The van der Waals surface area contributed by atoms with Gasteiger partial charge in [-0.1, -0.05) is 31.5 Å². The van der Waals surface area contributed by atoms with Gasteiger partial charge in [-0.05, 0) is 12.5 Å². The minimum atomic E-state index is -0.334. The number of carbonyl (C=O) groups is 1. The highest BCUT2D eigenvalue weighted by Crippen LogP contribution is 2.25. The lowest BCUT2D eigenvalue weighted by atomic mass is 10.2.